The van der Waals surface area contributed by atoms with Crippen LogP contribution < -0.4 is 4.74 Å². The largest absolute Gasteiger partial charge is 0.496 e. The Hall–Kier alpha value is -2.67. The Labute approximate surface area is 168 Å². The van der Waals surface area contributed by atoms with E-state index in [1.165, 1.54) is 5.01 Å². The van der Waals surface area contributed by atoms with Crippen molar-refractivity contribution in [2.24, 2.45) is 0 Å². The first kappa shape index (κ1) is 18.7. The third kappa shape index (κ3) is 3.80. The Balaban J connectivity index is 1.42. The van der Waals surface area contributed by atoms with E-state index >= 15 is 0 Å². The maximum absolute atomic E-state index is 12.8. The van der Waals surface area contributed by atoms with Crippen molar-refractivity contribution < 1.29 is 13.9 Å². The smallest absolute Gasteiger partial charge is 0.230 e. The summed E-state index contributed by atoms with van der Waals surface area (Å²) in [7, 11) is 1.62. The average molecular weight is 398 g/mol. The number of carbonyl (C=O) groups excluding carboxylic acids is 1. The first-order valence-electron chi connectivity index (χ1n) is 9.42. The molecule has 3 aromatic rings. The molecular formula is C21H23N3O3S. The van der Waals surface area contributed by atoms with E-state index in [1.807, 2.05) is 47.7 Å². The number of carbonyl (C=O) groups is 1. The van der Waals surface area contributed by atoms with Crippen LogP contribution in [0.15, 0.2) is 40.3 Å². The van der Waals surface area contributed by atoms with Gasteiger partial charge in [0.15, 0.2) is 0 Å². The maximum Gasteiger partial charge on any atom is 0.230 e. The monoisotopic (exact) mass is 397 g/mol. The van der Waals surface area contributed by atoms with Crippen LogP contribution in [0.2, 0.25) is 0 Å². The van der Waals surface area contributed by atoms with Crippen molar-refractivity contribution in [1.82, 2.24) is 14.9 Å². The van der Waals surface area contributed by atoms with Crippen molar-refractivity contribution in [3.63, 3.8) is 0 Å². The second-order valence-corrected chi connectivity index (χ2v) is 7.85. The number of rotatable bonds is 5. The summed E-state index contributed by atoms with van der Waals surface area (Å²) in [4.78, 5) is 23.7. The Bertz CT molecular complexity index is 944. The fraction of sp³-hybridized carbons (Fsp3) is 0.381. The molecule has 0 bridgehead atoms. The SMILES string of the molecule is COc1ccccc1-c1nc(CC(=O)N2CCC(c3nccs3)CC2)c(C)o1. The van der Waals surface area contributed by atoms with Crippen LogP contribution in [0.25, 0.3) is 11.5 Å². The van der Waals surface area contributed by atoms with E-state index in [1.54, 1.807) is 18.4 Å². The molecule has 0 atom stereocenters. The number of piperidine rings is 1. The van der Waals surface area contributed by atoms with Gasteiger partial charge >= 0.3 is 0 Å². The zero-order valence-electron chi connectivity index (χ0n) is 16.1. The predicted molar refractivity (Wildman–Crippen MR) is 108 cm³/mol. The van der Waals surface area contributed by atoms with Crippen molar-refractivity contribution in [3.8, 4) is 17.2 Å². The van der Waals surface area contributed by atoms with Crippen LogP contribution in [0.4, 0.5) is 0 Å². The van der Waals surface area contributed by atoms with Gasteiger partial charge < -0.3 is 14.1 Å². The molecule has 3 heterocycles. The molecule has 1 amide bonds. The summed E-state index contributed by atoms with van der Waals surface area (Å²) in [5, 5.41) is 3.19. The number of hydrogen-bond donors (Lipinski definition) is 0. The van der Waals surface area contributed by atoms with Gasteiger partial charge in [-0.15, -0.1) is 11.3 Å². The molecule has 7 heteroatoms. The van der Waals surface area contributed by atoms with Gasteiger partial charge in [-0.25, -0.2) is 9.97 Å². The molecule has 28 heavy (non-hydrogen) atoms. The minimum Gasteiger partial charge on any atom is -0.496 e. The number of methoxy groups -OCH3 is 1. The van der Waals surface area contributed by atoms with Crippen LogP contribution in [-0.2, 0) is 11.2 Å². The molecule has 0 saturated carbocycles. The lowest BCUT2D eigenvalue weighted by Gasteiger charge is -2.31. The molecule has 2 aromatic heterocycles. The lowest BCUT2D eigenvalue weighted by Crippen LogP contribution is -2.38. The molecule has 1 aliphatic heterocycles. The van der Waals surface area contributed by atoms with E-state index in [4.69, 9.17) is 9.15 Å². The highest BCUT2D eigenvalue weighted by molar-refractivity contribution is 7.09. The number of hydrogen-bond acceptors (Lipinski definition) is 6. The van der Waals surface area contributed by atoms with Crippen LogP contribution >= 0.6 is 11.3 Å². The molecule has 0 unspecified atom stereocenters. The second-order valence-electron chi connectivity index (χ2n) is 6.92. The van der Waals surface area contributed by atoms with Gasteiger partial charge in [0, 0.05) is 30.6 Å². The summed E-state index contributed by atoms with van der Waals surface area (Å²) >= 11 is 1.70. The van der Waals surface area contributed by atoms with Crippen molar-refractivity contribution in [2.45, 2.75) is 32.1 Å². The van der Waals surface area contributed by atoms with Gasteiger partial charge in [-0.2, -0.15) is 0 Å². The van der Waals surface area contributed by atoms with Gasteiger partial charge in [0.1, 0.15) is 11.5 Å². The van der Waals surface area contributed by atoms with E-state index in [9.17, 15) is 4.79 Å². The summed E-state index contributed by atoms with van der Waals surface area (Å²) in [5.41, 5.74) is 1.48. The molecule has 0 N–H and O–H groups in total. The first-order valence-corrected chi connectivity index (χ1v) is 10.3. The van der Waals surface area contributed by atoms with Crippen LogP contribution in [0.1, 0.15) is 35.2 Å². The third-order valence-electron chi connectivity index (χ3n) is 5.20. The number of likely N-dealkylation sites (tertiary alicyclic amines) is 1. The Morgan fingerprint density at radius 2 is 2.11 bits per heavy atom. The normalized spacial score (nSPS) is 15.0. The van der Waals surface area contributed by atoms with Gasteiger partial charge in [0.05, 0.1) is 29.8 Å². The standard InChI is InChI=1S/C21H23N3O3S/c1-14-17(23-20(27-14)16-5-3-4-6-18(16)26-2)13-19(25)24-10-7-15(8-11-24)21-22-9-12-28-21/h3-6,9,12,15H,7-8,10-11,13H2,1-2H3. The molecule has 1 aliphatic rings. The highest BCUT2D eigenvalue weighted by Gasteiger charge is 2.26. The van der Waals surface area contributed by atoms with Gasteiger partial charge in [0.2, 0.25) is 11.8 Å². The minimum atomic E-state index is 0.0977. The van der Waals surface area contributed by atoms with Crippen LogP contribution in [0, 0.1) is 6.92 Å². The molecule has 6 nitrogen and oxygen atoms in total. The van der Waals surface area contributed by atoms with E-state index in [-0.39, 0.29) is 12.3 Å². The van der Waals surface area contributed by atoms with Crippen molar-refractivity contribution in [1.29, 1.82) is 0 Å². The predicted octanol–water partition coefficient (Wildman–Crippen LogP) is 4.06. The summed E-state index contributed by atoms with van der Waals surface area (Å²) in [6, 6.07) is 7.58. The van der Waals surface area contributed by atoms with Crippen LogP contribution in [0.3, 0.4) is 0 Å². The Morgan fingerprint density at radius 3 is 2.82 bits per heavy atom. The Kier molecular flexibility index (Phi) is 5.43. The molecule has 0 aliphatic carbocycles. The van der Waals surface area contributed by atoms with Crippen LogP contribution in [-0.4, -0.2) is 41.0 Å². The molecule has 146 valence electrons. The second kappa shape index (κ2) is 8.14. The number of aryl methyl sites for hydroxylation is 1. The lowest BCUT2D eigenvalue weighted by molar-refractivity contribution is -0.131. The molecule has 1 aromatic carbocycles. The van der Waals surface area contributed by atoms with Gasteiger partial charge in [-0.05, 0) is 31.9 Å². The summed E-state index contributed by atoms with van der Waals surface area (Å²) < 4.78 is 11.2. The van der Waals surface area contributed by atoms with E-state index in [2.05, 4.69) is 9.97 Å². The van der Waals surface area contributed by atoms with Gasteiger partial charge in [0.25, 0.3) is 0 Å². The molecule has 0 spiro atoms. The third-order valence-corrected chi connectivity index (χ3v) is 6.14. The number of para-hydroxylation sites is 1. The number of oxazole rings is 1. The zero-order chi connectivity index (χ0) is 19.5. The number of aromatic nitrogens is 2. The van der Waals surface area contributed by atoms with Crippen molar-refractivity contribution in [3.05, 3.63) is 52.3 Å². The average Bonchev–Trinajstić information content (AvgIpc) is 3.38. The molecule has 1 fully saturated rings. The number of nitrogens with zero attached hydrogens (tertiary/aromatic N) is 3. The highest BCUT2D eigenvalue weighted by atomic mass is 32.1. The van der Waals surface area contributed by atoms with Crippen LogP contribution in [0.5, 0.6) is 5.75 Å². The quantitative estimate of drug-likeness (QED) is 0.649. The van der Waals surface area contributed by atoms with Gasteiger partial charge in [-0.3, -0.25) is 4.79 Å². The first-order chi connectivity index (χ1) is 13.7. The fourth-order valence-corrected chi connectivity index (χ4v) is 4.41. The van der Waals surface area contributed by atoms with E-state index in [0.717, 1.165) is 31.5 Å². The summed E-state index contributed by atoms with van der Waals surface area (Å²) in [6.45, 7) is 3.38. The lowest BCUT2D eigenvalue weighted by atomic mass is 9.97. The number of benzene rings is 1. The minimum absolute atomic E-state index is 0.0977. The number of thiazole rings is 1. The van der Waals surface area contributed by atoms with E-state index < -0.39 is 0 Å². The summed E-state index contributed by atoms with van der Waals surface area (Å²) in [6.07, 6.45) is 4.03. The zero-order valence-corrected chi connectivity index (χ0v) is 16.9. The highest BCUT2D eigenvalue weighted by Crippen LogP contribution is 2.31. The van der Waals surface area contributed by atoms with Crippen molar-refractivity contribution in [2.75, 3.05) is 20.2 Å². The molecular weight excluding hydrogens is 374 g/mol. The van der Waals surface area contributed by atoms with E-state index in [0.29, 0.717) is 29.0 Å². The fourth-order valence-electron chi connectivity index (χ4n) is 3.60. The maximum atomic E-state index is 12.8. The molecule has 1 saturated heterocycles. The molecule has 0 radical (unpaired) electrons. The van der Waals surface area contributed by atoms with Gasteiger partial charge in [-0.1, -0.05) is 12.1 Å². The number of amides is 1. The molecule has 4 rings (SSSR count). The van der Waals surface area contributed by atoms with Crippen molar-refractivity contribution >= 4 is 17.2 Å². The Morgan fingerprint density at radius 1 is 1.32 bits per heavy atom. The number of ether oxygens (including phenoxy) is 1. The topological polar surface area (TPSA) is 68.5 Å². The summed E-state index contributed by atoms with van der Waals surface area (Å²) in [5.74, 6) is 2.42.